The van der Waals surface area contributed by atoms with Crippen LogP contribution in [0.25, 0.3) is 16.7 Å². The Kier molecular flexibility index (Phi) is 8.01. The van der Waals surface area contributed by atoms with E-state index in [0.717, 1.165) is 68.1 Å². The Labute approximate surface area is 180 Å². The minimum atomic E-state index is -1.56. The average Bonchev–Trinajstić information content (AvgIpc) is 2.79. The molecule has 0 spiro atoms. The molecule has 0 bridgehead atoms. The largest absolute Gasteiger partial charge is 0.239 e. The molecule has 0 fully saturated rings. The second-order valence-corrected chi connectivity index (χ2v) is 8.55. The molecular formula is C28H34F2. The van der Waals surface area contributed by atoms with E-state index in [0.29, 0.717) is 5.57 Å². The molecule has 0 saturated carbocycles. The van der Waals surface area contributed by atoms with E-state index in [2.05, 4.69) is 13.8 Å². The van der Waals surface area contributed by atoms with Gasteiger partial charge in [0.05, 0.1) is 0 Å². The first kappa shape index (κ1) is 22.5. The van der Waals surface area contributed by atoms with Crippen LogP contribution >= 0.6 is 0 Å². The van der Waals surface area contributed by atoms with Gasteiger partial charge in [0.15, 0.2) is 6.17 Å². The van der Waals surface area contributed by atoms with Gasteiger partial charge in [0, 0.05) is 11.0 Å². The highest BCUT2D eigenvalue weighted by molar-refractivity contribution is 5.79. The molecule has 2 heteroatoms. The summed E-state index contributed by atoms with van der Waals surface area (Å²) in [4.78, 5) is 0. The van der Waals surface area contributed by atoms with Gasteiger partial charge >= 0.3 is 0 Å². The van der Waals surface area contributed by atoms with E-state index in [-0.39, 0.29) is 0 Å². The molecule has 0 nitrogen and oxygen atoms in total. The zero-order valence-electron chi connectivity index (χ0n) is 18.3. The second kappa shape index (κ2) is 10.7. The van der Waals surface area contributed by atoms with Gasteiger partial charge in [0.1, 0.15) is 5.83 Å². The first-order valence-electron chi connectivity index (χ1n) is 11.5. The molecule has 0 saturated heterocycles. The first-order valence-corrected chi connectivity index (χ1v) is 11.5. The molecule has 0 aliphatic heterocycles. The molecule has 30 heavy (non-hydrogen) atoms. The van der Waals surface area contributed by atoms with Crippen LogP contribution in [-0.4, -0.2) is 6.17 Å². The molecule has 1 unspecified atom stereocenters. The zero-order valence-corrected chi connectivity index (χ0v) is 18.3. The topological polar surface area (TPSA) is 0 Å². The Balaban J connectivity index is 1.83. The fourth-order valence-electron chi connectivity index (χ4n) is 4.46. The number of unbranched alkanes of at least 4 members (excludes halogenated alkanes) is 4. The molecule has 1 aliphatic rings. The number of benzene rings is 2. The lowest BCUT2D eigenvalue weighted by Gasteiger charge is -2.37. The summed E-state index contributed by atoms with van der Waals surface area (Å²) in [7, 11) is 0. The van der Waals surface area contributed by atoms with Crippen molar-refractivity contribution >= 4 is 5.57 Å². The maximum Gasteiger partial charge on any atom is 0.161 e. The molecule has 0 amide bonds. The minimum Gasteiger partial charge on any atom is -0.239 e. The lowest BCUT2D eigenvalue weighted by molar-refractivity contribution is 0.132. The van der Waals surface area contributed by atoms with Crippen LogP contribution in [0.5, 0.6) is 0 Å². The van der Waals surface area contributed by atoms with Crippen LogP contribution in [-0.2, 0) is 0 Å². The van der Waals surface area contributed by atoms with Crippen LogP contribution in [0.2, 0.25) is 0 Å². The van der Waals surface area contributed by atoms with Crippen molar-refractivity contribution in [1.82, 2.24) is 0 Å². The van der Waals surface area contributed by atoms with Crippen molar-refractivity contribution in [2.45, 2.75) is 71.4 Å². The average molecular weight is 409 g/mol. The molecule has 0 heterocycles. The molecule has 160 valence electrons. The van der Waals surface area contributed by atoms with E-state index in [1.165, 1.54) is 0 Å². The van der Waals surface area contributed by atoms with E-state index < -0.39 is 17.4 Å². The lowest BCUT2D eigenvalue weighted by Crippen LogP contribution is -2.33. The third-order valence-corrected chi connectivity index (χ3v) is 6.36. The van der Waals surface area contributed by atoms with Gasteiger partial charge in [-0.15, -0.1) is 0 Å². The van der Waals surface area contributed by atoms with Crippen molar-refractivity contribution in [2.75, 3.05) is 0 Å². The second-order valence-electron chi connectivity index (χ2n) is 8.55. The monoisotopic (exact) mass is 408 g/mol. The van der Waals surface area contributed by atoms with Crippen LogP contribution in [0, 0.1) is 5.41 Å². The maximum absolute atomic E-state index is 15.5. The highest BCUT2D eigenvalue weighted by Crippen LogP contribution is 2.47. The van der Waals surface area contributed by atoms with E-state index in [4.69, 9.17) is 0 Å². The predicted octanol–water partition coefficient (Wildman–Crippen LogP) is 9.09. The van der Waals surface area contributed by atoms with Crippen molar-refractivity contribution < 1.29 is 8.78 Å². The van der Waals surface area contributed by atoms with Gasteiger partial charge in [0.25, 0.3) is 0 Å². The van der Waals surface area contributed by atoms with Gasteiger partial charge in [-0.2, -0.15) is 0 Å². The van der Waals surface area contributed by atoms with Crippen LogP contribution in [0.3, 0.4) is 0 Å². The quantitative estimate of drug-likeness (QED) is 0.344. The summed E-state index contributed by atoms with van der Waals surface area (Å²) >= 11 is 0. The standard InChI is InChI=1S/C28H34F2/c1-3-5-10-19-28(20-11-6-4-2)21-18-25(26(29)27(28)30)24-16-14-23(15-17-24)22-12-8-7-9-13-22/h7-9,12-18,21,27H,3-6,10-11,19-20H2,1-2H3. The SMILES string of the molecule is CCCCCC1(CCCCC)C=CC(c2ccc(-c3ccccc3)cc2)=C(F)C1F. The number of hydrogen-bond acceptors (Lipinski definition) is 0. The van der Waals surface area contributed by atoms with Gasteiger partial charge in [-0.05, 0) is 29.5 Å². The maximum atomic E-state index is 15.5. The van der Waals surface area contributed by atoms with Crippen molar-refractivity contribution in [3.05, 3.63) is 78.1 Å². The molecule has 2 aromatic carbocycles. The third-order valence-electron chi connectivity index (χ3n) is 6.36. The summed E-state index contributed by atoms with van der Waals surface area (Å²) in [6, 6.07) is 17.8. The molecule has 1 atom stereocenters. The molecular weight excluding hydrogens is 374 g/mol. The van der Waals surface area contributed by atoms with Gasteiger partial charge in [-0.25, -0.2) is 8.78 Å². The van der Waals surface area contributed by atoms with Crippen LogP contribution in [0.15, 0.2) is 72.6 Å². The molecule has 0 radical (unpaired) electrons. The lowest BCUT2D eigenvalue weighted by atomic mass is 9.70. The van der Waals surface area contributed by atoms with E-state index >= 15 is 8.78 Å². The van der Waals surface area contributed by atoms with E-state index in [1.54, 1.807) is 0 Å². The van der Waals surface area contributed by atoms with Gasteiger partial charge < -0.3 is 0 Å². The molecule has 0 aromatic heterocycles. The Bertz CT molecular complexity index is 836. The first-order chi connectivity index (χ1) is 14.6. The Morgan fingerprint density at radius 1 is 0.733 bits per heavy atom. The molecule has 1 aliphatic carbocycles. The normalized spacial score (nSPS) is 18.1. The fraction of sp³-hybridized carbons (Fsp3) is 0.429. The Morgan fingerprint density at radius 2 is 1.27 bits per heavy atom. The number of hydrogen-bond donors (Lipinski definition) is 0. The summed E-state index contributed by atoms with van der Waals surface area (Å²) in [5.74, 6) is -0.599. The number of allylic oxidation sites excluding steroid dienone is 4. The third kappa shape index (κ3) is 5.09. The predicted molar refractivity (Wildman–Crippen MR) is 125 cm³/mol. The van der Waals surface area contributed by atoms with Crippen molar-refractivity contribution in [2.24, 2.45) is 5.41 Å². The summed E-state index contributed by atoms with van der Waals surface area (Å²) in [6.45, 7) is 4.29. The summed E-state index contributed by atoms with van der Waals surface area (Å²) in [5, 5.41) is 0. The number of rotatable bonds is 10. The van der Waals surface area contributed by atoms with E-state index in [1.807, 2.05) is 66.7 Å². The minimum absolute atomic E-state index is 0.392. The molecule has 2 aromatic rings. The number of alkyl halides is 1. The van der Waals surface area contributed by atoms with Crippen molar-refractivity contribution in [3.63, 3.8) is 0 Å². The summed E-state index contributed by atoms with van der Waals surface area (Å²) in [6.07, 6.45) is 9.89. The van der Waals surface area contributed by atoms with Crippen LogP contribution < -0.4 is 0 Å². The highest BCUT2D eigenvalue weighted by atomic mass is 19.2. The van der Waals surface area contributed by atoms with E-state index in [9.17, 15) is 0 Å². The van der Waals surface area contributed by atoms with Crippen molar-refractivity contribution in [1.29, 1.82) is 0 Å². The smallest absolute Gasteiger partial charge is 0.161 e. The van der Waals surface area contributed by atoms with Crippen LogP contribution in [0.1, 0.15) is 70.8 Å². The molecule has 3 rings (SSSR count). The Hall–Kier alpha value is -2.22. The molecule has 0 N–H and O–H groups in total. The summed E-state index contributed by atoms with van der Waals surface area (Å²) in [5.41, 5.74) is 2.63. The van der Waals surface area contributed by atoms with Crippen molar-refractivity contribution in [3.8, 4) is 11.1 Å². The Morgan fingerprint density at radius 3 is 1.83 bits per heavy atom. The van der Waals surface area contributed by atoms with Gasteiger partial charge in [-0.3, -0.25) is 0 Å². The van der Waals surface area contributed by atoms with Crippen LogP contribution in [0.4, 0.5) is 8.78 Å². The zero-order chi connectivity index (χ0) is 21.4. The fourth-order valence-corrected chi connectivity index (χ4v) is 4.46. The van der Waals surface area contributed by atoms with Gasteiger partial charge in [0.2, 0.25) is 0 Å². The summed E-state index contributed by atoms with van der Waals surface area (Å²) < 4.78 is 30.9. The number of halogens is 2. The van der Waals surface area contributed by atoms with Gasteiger partial charge in [-0.1, -0.05) is 119 Å². The highest BCUT2D eigenvalue weighted by Gasteiger charge is 2.42.